The van der Waals surface area contributed by atoms with Gasteiger partial charge in [-0.2, -0.15) is 0 Å². The minimum absolute atomic E-state index is 0.0792. The van der Waals surface area contributed by atoms with E-state index in [0.29, 0.717) is 33.1 Å². The summed E-state index contributed by atoms with van der Waals surface area (Å²) in [6, 6.07) is 4.01. The van der Waals surface area contributed by atoms with E-state index in [1.807, 2.05) is 0 Å². The molecule has 0 aliphatic carbocycles. The average molecular weight is 365 g/mol. The number of rotatable bonds is 6. The number of Topliss-reactive ketones (excluding diaryl/α,β-unsaturated/α-hetero) is 2. The topological polar surface area (TPSA) is 53.2 Å². The first-order chi connectivity index (χ1) is 11.6. The van der Waals surface area contributed by atoms with Crippen LogP contribution in [0.1, 0.15) is 51.5 Å². The number of carbonyl (C=O) groups is 2. The molecule has 1 aromatic heterocycles. The number of hydrogen-bond acceptors (Lipinski definition) is 3. The number of aromatic amines is 1. The summed E-state index contributed by atoms with van der Waals surface area (Å²) in [5.41, 5.74) is 2.66. The Labute approximate surface area is 152 Å². The normalized spacial score (nSPS) is 12.5. The van der Waals surface area contributed by atoms with Gasteiger partial charge in [0.2, 0.25) is 0 Å². The number of ketones is 2. The predicted octanol–water partition coefficient (Wildman–Crippen LogP) is 4.33. The summed E-state index contributed by atoms with van der Waals surface area (Å²) in [5.74, 6) is -0.628. The molecular weight excluding hydrogens is 343 g/mol. The molecule has 2 rings (SSSR count). The first-order valence-corrected chi connectivity index (χ1v) is 8.40. The van der Waals surface area contributed by atoms with Gasteiger partial charge >= 0.3 is 0 Å². The van der Waals surface area contributed by atoms with Crippen molar-refractivity contribution in [3.05, 3.63) is 57.1 Å². The van der Waals surface area contributed by atoms with Gasteiger partial charge in [0.1, 0.15) is 5.82 Å². The maximum atomic E-state index is 14.0. The van der Waals surface area contributed by atoms with Gasteiger partial charge in [-0.1, -0.05) is 17.7 Å². The van der Waals surface area contributed by atoms with Gasteiger partial charge < -0.3 is 4.98 Å². The van der Waals surface area contributed by atoms with Crippen molar-refractivity contribution in [1.82, 2.24) is 9.88 Å². The van der Waals surface area contributed by atoms with E-state index >= 15 is 0 Å². The second-order valence-electron chi connectivity index (χ2n) is 6.34. The molecule has 0 radical (unpaired) electrons. The zero-order chi connectivity index (χ0) is 18.9. The lowest BCUT2D eigenvalue weighted by atomic mass is 10.0. The Hall–Kier alpha value is -1.98. The molecule has 2 aromatic rings. The van der Waals surface area contributed by atoms with E-state index < -0.39 is 11.9 Å². The number of hydrogen-bond donors (Lipinski definition) is 1. The van der Waals surface area contributed by atoms with Crippen molar-refractivity contribution in [2.24, 2.45) is 0 Å². The highest BCUT2D eigenvalue weighted by Crippen LogP contribution is 2.24. The summed E-state index contributed by atoms with van der Waals surface area (Å²) in [6.45, 7) is 6.96. The SMILES string of the molecule is CC(=O)c1c(C)[nH]c(C(=O)C(C)N(C)Cc2c(F)cccc2Cl)c1C. The number of H-pyrrole nitrogens is 1. The van der Waals surface area contributed by atoms with Gasteiger partial charge in [0.15, 0.2) is 11.6 Å². The minimum atomic E-state index is -0.507. The number of aryl methyl sites for hydroxylation is 1. The van der Waals surface area contributed by atoms with Crippen LogP contribution in [0.25, 0.3) is 0 Å². The van der Waals surface area contributed by atoms with E-state index in [-0.39, 0.29) is 18.1 Å². The van der Waals surface area contributed by atoms with Crippen LogP contribution < -0.4 is 0 Å². The highest BCUT2D eigenvalue weighted by molar-refractivity contribution is 6.31. The molecule has 0 fully saturated rings. The van der Waals surface area contributed by atoms with Crippen molar-refractivity contribution < 1.29 is 14.0 Å². The molecule has 134 valence electrons. The molecule has 6 heteroatoms. The molecule has 4 nitrogen and oxygen atoms in total. The summed E-state index contributed by atoms with van der Waals surface area (Å²) >= 11 is 6.06. The molecule has 0 spiro atoms. The van der Waals surface area contributed by atoms with Gasteiger partial charge in [-0.15, -0.1) is 0 Å². The zero-order valence-electron chi connectivity index (χ0n) is 15.0. The summed E-state index contributed by atoms with van der Waals surface area (Å²) < 4.78 is 14.0. The fraction of sp³-hybridized carbons (Fsp3) is 0.368. The monoisotopic (exact) mass is 364 g/mol. The lowest BCUT2D eigenvalue weighted by Crippen LogP contribution is -2.36. The molecule has 1 unspecified atom stereocenters. The van der Waals surface area contributed by atoms with Crippen LogP contribution in [0.4, 0.5) is 4.39 Å². The smallest absolute Gasteiger partial charge is 0.196 e. The van der Waals surface area contributed by atoms with Crippen molar-refractivity contribution >= 4 is 23.2 Å². The number of likely N-dealkylation sites (N-methyl/N-ethyl adjacent to an activating group) is 1. The predicted molar refractivity (Wildman–Crippen MR) is 96.9 cm³/mol. The first kappa shape index (κ1) is 19.3. The van der Waals surface area contributed by atoms with Crippen molar-refractivity contribution in [3.63, 3.8) is 0 Å². The second kappa shape index (κ2) is 7.50. The number of halogens is 2. The average Bonchev–Trinajstić information content (AvgIpc) is 2.84. The van der Waals surface area contributed by atoms with Gasteiger partial charge in [-0.05, 0) is 52.4 Å². The fourth-order valence-electron chi connectivity index (χ4n) is 3.00. The molecule has 0 bridgehead atoms. The highest BCUT2D eigenvalue weighted by atomic mass is 35.5. The lowest BCUT2D eigenvalue weighted by molar-refractivity contribution is 0.0855. The third-order valence-corrected chi connectivity index (χ3v) is 4.90. The number of carbonyl (C=O) groups excluding carboxylic acids is 2. The number of nitrogens with zero attached hydrogens (tertiary/aromatic N) is 1. The standard InChI is InChI=1S/C19H22ClFN2O2/c1-10-17(13(4)24)11(2)22-18(10)19(25)12(3)23(5)9-14-15(20)7-6-8-16(14)21/h6-8,12,22H,9H2,1-5H3. The molecule has 0 aliphatic rings. The Bertz CT molecular complexity index is 809. The number of benzene rings is 1. The quantitative estimate of drug-likeness (QED) is 0.776. The number of nitrogens with one attached hydrogen (secondary N) is 1. The van der Waals surface area contributed by atoms with Crippen molar-refractivity contribution in [2.45, 2.75) is 40.3 Å². The van der Waals surface area contributed by atoms with Gasteiger partial charge in [-0.3, -0.25) is 14.5 Å². The van der Waals surface area contributed by atoms with Crippen LogP contribution in [0.3, 0.4) is 0 Å². The van der Waals surface area contributed by atoms with E-state index in [1.54, 1.807) is 44.9 Å². The Morgan fingerprint density at radius 2 is 1.96 bits per heavy atom. The second-order valence-corrected chi connectivity index (χ2v) is 6.74. The van der Waals surface area contributed by atoms with Crippen molar-refractivity contribution in [3.8, 4) is 0 Å². The van der Waals surface area contributed by atoms with Gasteiger partial charge in [0, 0.05) is 28.4 Å². The minimum Gasteiger partial charge on any atom is -0.355 e. The molecule has 1 N–H and O–H groups in total. The number of aromatic nitrogens is 1. The van der Waals surface area contributed by atoms with E-state index in [0.717, 1.165) is 0 Å². The van der Waals surface area contributed by atoms with Crippen LogP contribution in [-0.4, -0.2) is 34.5 Å². The van der Waals surface area contributed by atoms with Gasteiger partial charge in [0.05, 0.1) is 11.7 Å². The Morgan fingerprint density at radius 3 is 2.48 bits per heavy atom. The van der Waals surface area contributed by atoms with Gasteiger partial charge in [-0.25, -0.2) is 4.39 Å². The van der Waals surface area contributed by atoms with E-state index in [4.69, 9.17) is 11.6 Å². The lowest BCUT2D eigenvalue weighted by Gasteiger charge is -2.24. The molecule has 0 saturated carbocycles. The molecule has 1 aromatic carbocycles. The maximum absolute atomic E-state index is 14.0. The molecule has 0 amide bonds. The Kier molecular flexibility index (Phi) is 5.80. The molecule has 1 heterocycles. The van der Waals surface area contributed by atoms with E-state index in [2.05, 4.69) is 4.98 Å². The molecule has 0 saturated heterocycles. The van der Waals surface area contributed by atoms with Crippen molar-refractivity contribution in [1.29, 1.82) is 0 Å². The molecule has 0 aliphatic heterocycles. The van der Waals surface area contributed by atoms with Gasteiger partial charge in [0.25, 0.3) is 0 Å². The van der Waals surface area contributed by atoms with Crippen LogP contribution in [-0.2, 0) is 6.54 Å². The van der Waals surface area contributed by atoms with E-state index in [9.17, 15) is 14.0 Å². The zero-order valence-corrected chi connectivity index (χ0v) is 15.8. The first-order valence-electron chi connectivity index (χ1n) is 8.02. The van der Waals surface area contributed by atoms with Crippen LogP contribution in [0.15, 0.2) is 18.2 Å². The Balaban J connectivity index is 2.25. The molecule has 1 atom stereocenters. The third kappa shape index (κ3) is 3.83. The maximum Gasteiger partial charge on any atom is 0.196 e. The summed E-state index contributed by atoms with van der Waals surface area (Å²) in [6.07, 6.45) is 0. The summed E-state index contributed by atoms with van der Waals surface area (Å²) in [4.78, 5) is 29.3. The molecule has 25 heavy (non-hydrogen) atoms. The highest BCUT2D eigenvalue weighted by Gasteiger charge is 2.26. The Morgan fingerprint density at radius 1 is 1.32 bits per heavy atom. The van der Waals surface area contributed by atoms with Crippen molar-refractivity contribution in [2.75, 3.05) is 7.05 Å². The van der Waals surface area contributed by atoms with Crippen LogP contribution >= 0.6 is 11.6 Å². The van der Waals surface area contributed by atoms with Crippen LogP contribution in [0.5, 0.6) is 0 Å². The fourth-order valence-corrected chi connectivity index (χ4v) is 3.23. The summed E-state index contributed by atoms with van der Waals surface area (Å²) in [5, 5.41) is 0.331. The summed E-state index contributed by atoms with van der Waals surface area (Å²) in [7, 11) is 1.74. The van der Waals surface area contributed by atoms with Crippen LogP contribution in [0, 0.1) is 19.7 Å². The van der Waals surface area contributed by atoms with Crippen LogP contribution in [0.2, 0.25) is 5.02 Å². The van der Waals surface area contributed by atoms with E-state index in [1.165, 1.54) is 13.0 Å². The largest absolute Gasteiger partial charge is 0.355 e. The molecular formula is C19H22ClFN2O2. The third-order valence-electron chi connectivity index (χ3n) is 4.55.